The summed E-state index contributed by atoms with van der Waals surface area (Å²) >= 11 is 1.69. The number of carbonyl (C=O) groups is 1. The Balaban J connectivity index is 1.41. The molecule has 1 amide bonds. The van der Waals surface area contributed by atoms with E-state index in [4.69, 9.17) is 4.74 Å². The van der Waals surface area contributed by atoms with Crippen LogP contribution in [-0.4, -0.2) is 43.2 Å². The fourth-order valence-electron chi connectivity index (χ4n) is 4.00. The molecule has 7 heteroatoms. The van der Waals surface area contributed by atoms with E-state index in [9.17, 15) is 9.18 Å². The fraction of sp³-hybridized carbons (Fsp3) is 0.292. The lowest BCUT2D eigenvalue weighted by Crippen LogP contribution is -2.52. The molecular weight excluding hydrogens is 413 g/mol. The van der Waals surface area contributed by atoms with Crippen LogP contribution in [0.15, 0.2) is 72.1 Å². The highest BCUT2D eigenvalue weighted by atomic mass is 32.1. The van der Waals surface area contributed by atoms with Crippen molar-refractivity contribution in [2.24, 2.45) is 0 Å². The summed E-state index contributed by atoms with van der Waals surface area (Å²) in [6, 6.07) is 19.8. The zero-order chi connectivity index (χ0) is 21.6. The van der Waals surface area contributed by atoms with Crippen LogP contribution in [0.25, 0.3) is 0 Å². The van der Waals surface area contributed by atoms with Crippen LogP contribution in [0.4, 0.5) is 14.9 Å². The number of carbonyl (C=O) groups excluding carboxylic acids is 1. The second-order valence-electron chi connectivity index (χ2n) is 7.60. The summed E-state index contributed by atoms with van der Waals surface area (Å²) in [5.74, 6) is 0.301. The van der Waals surface area contributed by atoms with Crippen LogP contribution in [0.1, 0.15) is 17.8 Å². The summed E-state index contributed by atoms with van der Waals surface area (Å²) < 4.78 is 18.7. The van der Waals surface area contributed by atoms with E-state index in [1.54, 1.807) is 23.5 Å². The summed E-state index contributed by atoms with van der Waals surface area (Å²) in [4.78, 5) is 18.3. The molecule has 0 unspecified atom stereocenters. The minimum Gasteiger partial charge on any atom is -0.410 e. The van der Waals surface area contributed by atoms with Crippen molar-refractivity contribution in [1.29, 1.82) is 0 Å². The molecule has 2 aromatic carbocycles. The number of para-hydroxylation sites is 1. The summed E-state index contributed by atoms with van der Waals surface area (Å²) in [5.41, 5.74) is 1.03. The molecule has 1 aliphatic heterocycles. The lowest BCUT2D eigenvalue weighted by molar-refractivity contribution is 0.146. The number of rotatable bonds is 6. The highest BCUT2D eigenvalue weighted by molar-refractivity contribution is 7.10. The SMILES string of the molecule is C[C@H](NC(=O)Oc1ccccc1)[C@@H](c1cccs1)N1CCN(c2ccc(F)cc2)CC1. The number of hydrogen-bond donors (Lipinski definition) is 1. The molecular formula is C24H26FN3O2S. The van der Waals surface area contributed by atoms with Crippen LogP contribution < -0.4 is 15.0 Å². The molecule has 1 aromatic heterocycles. The second kappa shape index (κ2) is 9.94. The minimum absolute atomic E-state index is 0.0543. The van der Waals surface area contributed by atoms with Crippen molar-refractivity contribution in [3.8, 4) is 5.75 Å². The van der Waals surface area contributed by atoms with Gasteiger partial charge in [-0.25, -0.2) is 9.18 Å². The molecule has 1 aliphatic rings. The number of nitrogens with zero attached hydrogens (tertiary/aromatic N) is 2. The zero-order valence-electron chi connectivity index (χ0n) is 17.4. The first kappa shape index (κ1) is 21.3. The fourth-order valence-corrected chi connectivity index (χ4v) is 4.97. The maximum absolute atomic E-state index is 13.2. The number of amides is 1. The van der Waals surface area contributed by atoms with Gasteiger partial charge in [-0.2, -0.15) is 0 Å². The van der Waals surface area contributed by atoms with Crippen molar-refractivity contribution < 1.29 is 13.9 Å². The number of piperazine rings is 1. The van der Waals surface area contributed by atoms with Crippen LogP contribution >= 0.6 is 11.3 Å². The Morgan fingerprint density at radius 1 is 1.00 bits per heavy atom. The molecule has 0 radical (unpaired) electrons. The van der Waals surface area contributed by atoms with Crippen LogP contribution in [0, 0.1) is 5.82 Å². The van der Waals surface area contributed by atoms with Gasteiger partial charge in [-0.05, 0) is 54.8 Å². The highest BCUT2D eigenvalue weighted by Crippen LogP contribution is 2.30. The molecule has 5 nitrogen and oxygen atoms in total. The second-order valence-corrected chi connectivity index (χ2v) is 8.57. The van der Waals surface area contributed by atoms with E-state index in [-0.39, 0.29) is 17.9 Å². The van der Waals surface area contributed by atoms with E-state index in [0.29, 0.717) is 5.75 Å². The van der Waals surface area contributed by atoms with Gasteiger partial charge in [0.25, 0.3) is 0 Å². The first-order chi connectivity index (χ1) is 15.1. The standard InChI is InChI=1S/C24H26FN3O2S/c1-18(26-24(29)30-21-6-3-2-4-7-21)23(22-8-5-17-31-22)28-15-13-27(14-16-28)20-11-9-19(25)10-12-20/h2-12,17-18,23H,13-16H2,1H3,(H,26,29)/t18-,23-/m0/s1. The zero-order valence-corrected chi connectivity index (χ0v) is 18.2. The van der Waals surface area contributed by atoms with Gasteiger partial charge < -0.3 is 15.0 Å². The van der Waals surface area contributed by atoms with Gasteiger partial charge in [-0.3, -0.25) is 4.90 Å². The third-order valence-corrected chi connectivity index (χ3v) is 6.45. The Morgan fingerprint density at radius 3 is 2.35 bits per heavy atom. The molecule has 4 rings (SSSR count). The summed E-state index contributed by atoms with van der Waals surface area (Å²) in [6.45, 7) is 5.39. The maximum atomic E-state index is 13.2. The molecule has 31 heavy (non-hydrogen) atoms. The third-order valence-electron chi connectivity index (χ3n) is 5.51. The molecule has 1 saturated heterocycles. The average Bonchev–Trinajstić information content (AvgIpc) is 3.30. The van der Waals surface area contributed by atoms with E-state index in [1.165, 1.54) is 17.0 Å². The number of hydrogen-bond acceptors (Lipinski definition) is 5. The molecule has 0 spiro atoms. The predicted octanol–water partition coefficient (Wildman–Crippen LogP) is 4.93. The minimum atomic E-state index is -0.454. The molecule has 0 bridgehead atoms. The topological polar surface area (TPSA) is 44.8 Å². The van der Waals surface area contributed by atoms with Crippen LogP contribution in [0.3, 0.4) is 0 Å². The molecule has 0 saturated carbocycles. The van der Waals surface area contributed by atoms with Gasteiger partial charge in [0.05, 0.1) is 6.04 Å². The van der Waals surface area contributed by atoms with Crippen molar-refractivity contribution in [3.63, 3.8) is 0 Å². The van der Waals surface area contributed by atoms with Crippen molar-refractivity contribution in [2.45, 2.75) is 19.0 Å². The number of nitrogens with one attached hydrogen (secondary N) is 1. The maximum Gasteiger partial charge on any atom is 0.412 e. The van der Waals surface area contributed by atoms with Gasteiger partial charge in [0, 0.05) is 42.8 Å². The van der Waals surface area contributed by atoms with Crippen LogP contribution in [0.2, 0.25) is 0 Å². The lowest BCUT2D eigenvalue weighted by Gasteiger charge is -2.42. The average molecular weight is 440 g/mol. The normalized spacial score (nSPS) is 16.5. The van der Waals surface area contributed by atoms with Crippen LogP contribution in [0.5, 0.6) is 5.75 Å². The number of benzene rings is 2. The van der Waals surface area contributed by atoms with E-state index in [0.717, 1.165) is 31.9 Å². The molecule has 2 heterocycles. The molecule has 3 aromatic rings. The smallest absolute Gasteiger partial charge is 0.410 e. The van der Waals surface area contributed by atoms with Crippen molar-refractivity contribution in [2.75, 3.05) is 31.1 Å². The lowest BCUT2D eigenvalue weighted by atomic mass is 10.0. The number of halogens is 1. The number of thiophene rings is 1. The summed E-state index contributed by atoms with van der Waals surface area (Å²) in [7, 11) is 0. The van der Waals surface area contributed by atoms with Gasteiger partial charge in [0.2, 0.25) is 0 Å². The molecule has 1 N–H and O–H groups in total. The van der Waals surface area contributed by atoms with E-state index in [1.807, 2.05) is 43.3 Å². The molecule has 2 atom stereocenters. The van der Waals surface area contributed by atoms with E-state index in [2.05, 4.69) is 26.6 Å². The molecule has 162 valence electrons. The quantitative estimate of drug-likeness (QED) is 0.592. The van der Waals surface area contributed by atoms with E-state index < -0.39 is 6.09 Å². The van der Waals surface area contributed by atoms with Gasteiger partial charge in [-0.1, -0.05) is 24.3 Å². The Hall–Kier alpha value is -2.90. The van der Waals surface area contributed by atoms with Gasteiger partial charge in [0.15, 0.2) is 0 Å². The molecule has 1 fully saturated rings. The largest absolute Gasteiger partial charge is 0.412 e. The Morgan fingerprint density at radius 2 is 1.71 bits per heavy atom. The van der Waals surface area contributed by atoms with Gasteiger partial charge in [-0.15, -0.1) is 11.3 Å². The van der Waals surface area contributed by atoms with Gasteiger partial charge >= 0.3 is 6.09 Å². The Bertz CT molecular complexity index is 958. The summed E-state index contributed by atoms with van der Waals surface area (Å²) in [5, 5.41) is 5.07. The van der Waals surface area contributed by atoms with Crippen molar-refractivity contribution >= 4 is 23.1 Å². The van der Waals surface area contributed by atoms with E-state index >= 15 is 0 Å². The third kappa shape index (κ3) is 5.42. The molecule has 0 aliphatic carbocycles. The van der Waals surface area contributed by atoms with Crippen molar-refractivity contribution in [3.05, 3.63) is 82.8 Å². The Labute approximate surface area is 186 Å². The van der Waals surface area contributed by atoms with Crippen molar-refractivity contribution in [1.82, 2.24) is 10.2 Å². The van der Waals surface area contributed by atoms with Gasteiger partial charge in [0.1, 0.15) is 11.6 Å². The summed E-state index contributed by atoms with van der Waals surface area (Å²) in [6.07, 6.45) is -0.454. The first-order valence-electron chi connectivity index (χ1n) is 10.4. The predicted molar refractivity (Wildman–Crippen MR) is 122 cm³/mol. The monoisotopic (exact) mass is 439 g/mol. The Kier molecular flexibility index (Phi) is 6.84. The van der Waals surface area contributed by atoms with Crippen LogP contribution in [-0.2, 0) is 0 Å². The first-order valence-corrected chi connectivity index (χ1v) is 11.3. The number of anilines is 1. The highest BCUT2D eigenvalue weighted by Gasteiger charge is 2.31. The number of ether oxygens (including phenoxy) is 1.